The van der Waals surface area contributed by atoms with Gasteiger partial charge in [0.15, 0.2) is 6.10 Å². The molecule has 9 heteroatoms. The number of fused-ring (bicyclic) bond motifs is 1. The summed E-state index contributed by atoms with van der Waals surface area (Å²) in [6, 6.07) is 13.8. The third-order valence-corrected chi connectivity index (χ3v) is 6.99. The van der Waals surface area contributed by atoms with Crippen molar-refractivity contribution < 1.29 is 22.7 Å². The summed E-state index contributed by atoms with van der Waals surface area (Å²) < 4.78 is 32.1. The number of nitrogens with zero attached hydrogens (tertiary/aromatic N) is 2. The molecule has 0 aromatic heterocycles. The van der Waals surface area contributed by atoms with Crippen molar-refractivity contribution >= 4 is 38.9 Å². The van der Waals surface area contributed by atoms with Crippen molar-refractivity contribution in [2.24, 2.45) is 0 Å². The first-order valence-electron chi connectivity index (χ1n) is 9.86. The summed E-state index contributed by atoms with van der Waals surface area (Å²) in [6.45, 7) is 2.16. The predicted molar refractivity (Wildman–Crippen MR) is 114 cm³/mol. The molecule has 0 radical (unpaired) electrons. The zero-order valence-electron chi connectivity index (χ0n) is 16.6. The Labute approximate surface area is 175 Å². The molecule has 2 aliphatic heterocycles. The van der Waals surface area contributed by atoms with Crippen LogP contribution in [-0.4, -0.2) is 45.2 Å². The van der Waals surface area contributed by atoms with Gasteiger partial charge >= 0.3 is 0 Å². The summed E-state index contributed by atoms with van der Waals surface area (Å²) in [5.41, 5.74) is 1.77. The highest BCUT2D eigenvalue weighted by Crippen LogP contribution is 2.35. The topological polar surface area (TPSA) is 96.0 Å². The number of hydrogen-bond acceptors (Lipinski definition) is 5. The molecule has 2 heterocycles. The summed E-state index contributed by atoms with van der Waals surface area (Å²) in [5, 5.41) is 2.77. The first-order valence-corrected chi connectivity index (χ1v) is 11.5. The van der Waals surface area contributed by atoms with Crippen LogP contribution in [0.5, 0.6) is 5.75 Å². The van der Waals surface area contributed by atoms with Crippen molar-refractivity contribution in [1.82, 2.24) is 0 Å². The largest absolute Gasteiger partial charge is 0.476 e. The third-order valence-electron chi connectivity index (χ3n) is 5.25. The van der Waals surface area contributed by atoms with Crippen molar-refractivity contribution in [3.05, 3.63) is 48.5 Å². The van der Waals surface area contributed by atoms with Crippen molar-refractivity contribution in [3.8, 4) is 5.75 Å². The fourth-order valence-electron chi connectivity index (χ4n) is 3.63. The summed E-state index contributed by atoms with van der Waals surface area (Å²) in [6.07, 6.45) is 0.409. The molecular weight excluding hydrogens is 406 g/mol. The average Bonchev–Trinajstić information content (AvgIpc) is 3.19. The average molecular weight is 429 g/mol. The minimum atomic E-state index is -3.56. The Morgan fingerprint density at radius 2 is 1.90 bits per heavy atom. The van der Waals surface area contributed by atoms with Gasteiger partial charge in [-0.3, -0.25) is 13.9 Å². The van der Waals surface area contributed by atoms with Gasteiger partial charge in [-0.25, -0.2) is 8.42 Å². The third kappa shape index (κ3) is 3.85. The van der Waals surface area contributed by atoms with Gasteiger partial charge < -0.3 is 15.0 Å². The lowest BCUT2D eigenvalue weighted by Crippen LogP contribution is -2.49. The molecule has 0 aliphatic carbocycles. The number of anilines is 3. The van der Waals surface area contributed by atoms with Crippen LogP contribution in [-0.2, 0) is 19.6 Å². The number of benzene rings is 2. The lowest BCUT2D eigenvalue weighted by Gasteiger charge is -2.34. The van der Waals surface area contributed by atoms with Gasteiger partial charge in [0, 0.05) is 24.3 Å². The van der Waals surface area contributed by atoms with Crippen LogP contribution in [0.1, 0.15) is 19.8 Å². The molecule has 1 unspecified atom stereocenters. The van der Waals surface area contributed by atoms with Crippen LogP contribution < -0.4 is 19.3 Å². The van der Waals surface area contributed by atoms with Crippen molar-refractivity contribution in [1.29, 1.82) is 0 Å². The molecule has 1 atom stereocenters. The molecule has 0 spiro atoms. The maximum atomic E-state index is 12.8. The first kappa shape index (κ1) is 20.2. The molecule has 1 N–H and O–H groups in total. The summed E-state index contributed by atoms with van der Waals surface area (Å²) in [7, 11) is -3.56. The van der Waals surface area contributed by atoms with Crippen molar-refractivity contribution in [3.63, 3.8) is 0 Å². The number of rotatable bonds is 5. The summed E-state index contributed by atoms with van der Waals surface area (Å²) >= 11 is 0. The molecule has 1 saturated heterocycles. The Hall–Kier alpha value is -3.07. The van der Waals surface area contributed by atoms with Crippen molar-refractivity contribution in [2.75, 3.05) is 33.4 Å². The van der Waals surface area contributed by atoms with Crippen LogP contribution >= 0.6 is 0 Å². The van der Waals surface area contributed by atoms with Gasteiger partial charge in [0.2, 0.25) is 15.9 Å². The molecule has 30 heavy (non-hydrogen) atoms. The van der Waals surface area contributed by atoms with Gasteiger partial charge in [-0.2, -0.15) is 0 Å². The number of carbonyl (C=O) groups excluding carboxylic acids is 2. The molecule has 2 aromatic rings. The van der Waals surface area contributed by atoms with E-state index < -0.39 is 22.0 Å². The highest BCUT2D eigenvalue weighted by atomic mass is 32.2. The molecule has 2 aliphatic rings. The van der Waals surface area contributed by atoms with Crippen LogP contribution in [0.4, 0.5) is 17.1 Å². The van der Waals surface area contributed by atoms with E-state index >= 15 is 0 Å². The van der Waals surface area contributed by atoms with Gasteiger partial charge in [0.25, 0.3) is 5.91 Å². The van der Waals surface area contributed by atoms with Gasteiger partial charge in [-0.15, -0.1) is 0 Å². The highest BCUT2D eigenvalue weighted by Gasteiger charge is 2.36. The quantitative estimate of drug-likeness (QED) is 0.787. The summed E-state index contributed by atoms with van der Waals surface area (Å²) in [5.74, 6) is -0.0697. The number of carbonyl (C=O) groups is 2. The lowest BCUT2D eigenvalue weighted by molar-refractivity contribution is -0.122. The van der Waals surface area contributed by atoms with Gasteiger partial charge in [-0.1, -0.05) is 12.1 Å². The number of ether oxygens (including phenoxy) is 1. The molecule has 158 valence electrons. The number of hydrogen-bond donors (Lipinski definition) is 1. The minimum Gasteiger partial charge on any atom is -0.476 e. The normalized spacial score (nSPS) is 18.7. The fourth-order valence-corrected chi connectivity index (χ4v) is 4.75. The van der Waals surface area contributed by atoms with E-state index in [1.54, 1.807) is 60.4 Å². The molecule has 8 nitrogen and oxygen atoms in total. The Morgan fingerprint density at radius 1 is 1.17 bits per heavy atom. The molecule has 1 fully saturated rings. The van der Waals surface area contributed by atoms with E-state index in [0.29, 0.717) is 30.1 Å². The SMILES string of the molecule is CCS(=O)(=O)N1CC(C(=O)Nc2ccc(N3CCCC3=O)cc2)Oc2ccccc21. The molecule has 0 bridgehead atoms. The monoisotopic (exact) mass is 429 g/mol. The van der Waals surface area contributed by atoms with Gasteiger partial charge in [0.05, 0.1) is 18.0 Å². The first-order chi connectivity index (χ1) is 14.4. The zero-order valence-corrected chi connectivity index (χ0v) is 17.4. The van der Waals surface area contributed by atoms with Gasteiger partial charge in [-0.05, 0) is 49.7 Å². The van der Waals surface area contributed by atoms with E-state index in [4.69, 9.17) is 4.74 Å². The molecule has 2 aromatic carbocycles. The Kier molecular flexibility index (Phi) is 5.38. The second-order valence-electron chi connectivity index (χ2n) is 7.19. The molecular formula is C21H23N3O5S. The number of sulfonamides is 1. The second-order valence-corrected chi connectivity index (χ2v) is 9.37. The van der Waals surface area contributed by atoms with Gasteiger partial charge in [0.1, 0.15) is 5.75 Å². The number of amides is 2. The van der Waals surface area contributed by atoms with E-state index in [2.05, 4.69) is 5.32 Å². The molecule has 4 rings (SSSR count). The van der Waals surface area contributed by atoms with Crippen LogP contribution in [0.2, 0.25) is 0 Å². The van der Waals surface area contributed by atoms with E-state index in [1.165, 1.54) is 4.31 Å². The Balaban J connectivity index is 1.50. The minimum absolute atomic E-state index is 0.0770. The van der Waals surface area contributed by atoms with E-state index in [9.17, 15) is 18.0 Å². The lowest BCUT2D eigenvalue weighted by atomic mass is 10.2. The summed E-state index contributed by atoms with van der Waals surface area (Å²) in [4.78, 5) is 26.4. The van der Waals surface area contributed by atoms with Crippen molar-refractivity contribution in [2.45, 2.75) is 25.9 Å². The van der Waals surface area contributed by atoms with Crippen LogP contribution in [0.3, 0.4) is 0 Å². The number of nitrogens with one attached hydrogen (secondary N) is 1. The van der Waals surface area contributed by atoms with Crippen LogP contribution in [0.25, 0.3) is 0 Å². The zero-order chi connectivity index (χ0) is 21.3. The predicted octanol–water partition coefficient (Wildman–Crippen LogP) is 2.37. The Morgan fingerprint density at radius 3 is 2.57 bits per heavy atom. The van der Waals surface area contributed by atoms with Crippen LogP contribution in [0, 0.1) is 0 Å². The smallest absolute Gasteiger partial charge is 0.267 e. The number of para-hydroxylation sites is 2. The standard InChI is InChI=1S/C21H23N3O5S/c1-2-30(27,28)24-14-19(29-18-7-4-3-6-17(18)24)21(26)22-15-9-11-16(12-10-15)23-13-5-8-20(23)25/h3-4,6-7,9-12,19H,2,5,8,13-14H2,1H3,(H,22,26). The van der Waals surface area contributed by atoms with E-state index in [-0.39, 0.29) is 18.2 Å². The maximum absolute atomic E-state index is 12.8. The maximum Gasteiger partial charge on any atom is 0.267 e. The second kappa shape index (κ2) is 7.98. The van der Waals surface area contributed by atoms with Crippen LogP contribution in [0.15, 0.2) is 48.5 Å². The Bertz CT molecular complexity index is 1070. The van der Waals surface area contributed by atoms with E-state index in [1.807, 2.05) is 0 Å². The highest BCUT2D eigenvalue weighted by molar-refractivity contribution is 7.92. The fraction of sp³-hybridized carbons (Fsp3) is 0.333. The molecule has 2 amide bonds. The molecule has 0 saturated carbocycles. The van der Waals surface area contributed by atoms with E-state index in [0.717, 1.165) is 12.1 Å².